The second-order valence-corrected chi connectivity index (χ2v) is 5.69. The highest BCUT2D eigenvalue weighted by Crippen LogP contribution is 2.40. The number of carbonyl (C=O) groups excluding carboxylic acids is 1. The number of ether oxygens (including phenoxy) is 1. The van der Waals surface area contributed by atoms with Gasteiger partial charge in [0.1, 0.15) is 0 Å². The van der Waals surface area contributed by atoms with Crippen LogP contribution in [-0.2, 0) is 14.3 Å². The molecule has 1 saturated carbocycles. The first-order valence-electron chi connectivity index (χ1n) is 5.99. The molecule has 5 heteroatoms. The number of aliphatic carboxylic acids is 1. The van der Waals surface area contributed by atoms with Crippen LogP contribution in [0.3, 0.4) is 0 Å². The van der Waals surface area contributed by atoms with Crippen molar-refractivity contribution in [3.63, 3.8) is 0 Å². The van der Waals surface area contributed by atoms with Gasteiger partial charge < -0.3 is 14.7 Å². The van der Waals surface area contributed by atoms with Crippen molar-refractivity contribution in [2.75, 3.05) is 13.1 Å². The third-order valence-corrected chi connectivity index (χ3v) is 3.31. The van der Waals surface area contributed by atoms with Gasteiger partial charge in [0.2, 0.25) is 5.91 Å². The molecule has 1 aliphatic heterocycles. The second-order valence-electron chi connectivity index (χ2n) is 5.69. The van der Waals surface area contributed by atoms with Gasteiger partial charge >= 0.3 is 5.97 Å². The SMILES string of the molecule is CC1CN(C(=O)C2CC2C(=O)O)CC(C)(C)O1. The molecule has 0 aromatic rings. The van der Waals surface area contributed by atoms with Gasteiger partial charge in [0.05, 0.1) is 23.5 Å². The molecule has 1 amide bonds. The highest BCUT2D eigenvalue weighted by atomic mass is 16.5. The van der Waals surface area contributed by atoms with E-state index in [1.54, 1.807) is 4.90 Å². The summed E-state index contributed by atoms with van der Waals surface area (Å²) >= 11 is 0. The third kappa shape index (κ3) is 2.60. The number of carbonyl (C=O) groups is 2. The Morgan fingerprint density at radius 1 is 1.35 bits per heavy atom. The van der Waals surface area contributed by atoms with E-state index in [2.05, 4.69) is 0 Å². The predicted octanol–water partition coefficient (Wildman–Crippen LogP) is 0.733. The summed E-state index contributed by atoms with van der Waals surface area (Å²) < 4.78 is 5.72. The molecule has 0 aromatic heterocycles. The van der Waals surface area contributed by atoms with Crippen molar-refractivity contribution in [2.24, 2.45) is 11.8 Å². The fraction of sp³-hybridized carbons (Fsp3) is 0.833. The van der Waals surface area contributed by atoms with Crippen molar-refractivity contribution in [1.82, 2.24) is 4.90 Å². The zero-order valence-electron chi connectivity index (χ0n) is 10.5. The minimum absolute atomic E-state index is 0.00438. The van der Waals surface area contributed by atoms with Gasteiger partial charge in [-0.2, -0.15) is 0 Å². The fourth-order valence-electron chi connectivity index (χ4n) is 2.60. The Kier molecular flexibility index (Phi) is 2.89. The monoisotopic (exact) mass is 241 g/mol. The van der Waals surface area contributed by atoms with Gasteiger partial charge in [-0.3, -0.25) is 9.59 Å². The van der Waals surface area contributed by atoms with Gasteiger partial charge in [-0.15, -0.1) is 0 Å². The van der Waals surface area contributed by atoms with Crippen LogP contribution in [0.15, 0.2) is 0 Å². The predicted molar refractivity (Wildman–Crippen MR) is 60.4 cm³/mol. The average molecular weight is 241 g/mol. The smallest absolute Gasteiger partial charge is 0.307 e. The van der Waals surface area contributed by atoms with Gasteiger partial charge in [0.25, 0.3) is 0 Å². The van der Waals surface area contributed by atoms with Crippen molar-refractivity contribution in [2.45, 2.75) is 38.9 Å². The topological polar surface area (TPSA) is 66.8 Å². The average Bonchev–Trinajstić information content (AvgIpc) is 2.92. The van der Waals surface area contributed by atoms with Crippen molar-refractivity contribution in [1.29, 1.82) is 0 Å². The molecule has 96 valence electrons. The van der Waals surface area contributed by atoms with Crippen LogP contribution in [-0.4, -0.2) is 46.7 Å². The summed E-state index contributed by atoms with van der Waals surface area (Å²) in [6, 6.07) is 0. The minimum atomic E-state index is -0.857. The molecule has 2 aliphatic rings. The first kappa shape index (κ1) is 12.4. The maximum Gasteiger partial charge on any atom is 0.307 e. The van der Waals surface area contributed by atoms with Gasteiger partial charge in [0, 0.05) is 13.1 Å². The molecule has 3 unspecified atom stereocenters. The largest absolute Gasteiger partial charge is 0.481 e. The molecule has 1 heterocycles. The number of carboxylic acids is 1. The van der Waals surface area contributed by atoms with E-state index >= 15 is 0 Å². The Morgan fingerprint density at radius 3 is 2.47 bits per heavy atom. The Balaban J connectivity index is 1.99. The van der Waals surface area contributed by atoms with E-state index in [0.717, 1.165) is 0 Å². The number of hydrogen-bond donors (Lipinski definition) is 1. The molecule has 3 atom stereocenters. The first-order valence-corrected chi connectivity index (χ1v) is 5.99. The maximum absolute atomic E-state index is 12.1. The van der Waals surface area contributed by atoms with E-state index in [0.29, 0.717) is 19.5 Å². The second kappa shape index (κ2) is 3.98. The van der Waals surface area contributed by atoms with Crippen LogP contribution in [0.25, 0.3) is 0 Å². The van der Waals surface area contributed by atoms with Gasteiger partial charge in [-0.1, -0.05) is 0 Å². The van der Waals surface area contributed by atoms with Crippen LogP contribution >= 0.6 is 0 Å². The normalized spacial score (nSPS) is 35.5. The van der Waals surface area contributed by atoms with Crippen LogP contribution in [0.4, 0.5) is 0 Å². The van der Waals surface area contributed by atoms with Crippen LogP contribution < -0.4 is 0 Å². The molecule has 2 fully saturated rings. The summed E-state index contributed by atoms with van der Waals surface area (Å²) in [5, 5.41) is 8.83. The highest BCUT2D eigenvalue weighted by molar-refractivity contribution is 5.89. The van der Waals surface area contributed by atoms with Crippen molar-refractivity contribution in [3.05, 3.63) is 0 Å². The minimum Gasteiger partial charge on any atom is -0.481 e. The highest BCUT2D eigenvalue weighted by Gasteiger charge is 2.51. The summed E-state index contributed by atoms with van der Waals surface area (Å²) in [5.74, 6) is -1.66. The van der Waals surface area contributed by atoms with Gasteiger partial charge in [-0.05, 0) is 27.2 Å². The van der Waals surface area contributed by atoms with E-state index < -0.39 is 11.9 Å². The summed E-state index contributed by atoms with van der Waals surface area (Å²) in [6.07, 6.45) is 0.491. The molecule has 2 rings (SSSR count). The number of morpholine rings is 1. The number of nitrogens with zero attached hydrogens (tertiary/aromatic N) is 1. The van der Waals surface area contributed by atoms with Crippen molar-refractivity contribution < 1.29 is 19.4 Å². The van der Waals surface area contributed by atoms with E-state index in [-0.39, 0.29) is 23.5 Å². The van der Waals surface area contributed by atoms with E-state index in [9.17, 15) is 9.59 Å². The van der Waals surface area contributed by atoms with Crippen molar-refractivity contribution in [3.8, 4) is 0 Å². The zero-order valence-corrected chi connectivity index (χ0v) is 10.5. The standard InChI is InChI=1S/C12H19NO4/c1-7-5-13(6-12(2,3)17-7)10(14)8-4-9(8)11(15)16/h7-9H,4-6H2,1-3H3,(H,15,16). The Hall–Kier alpha value is -1.10. The molecule has 1 N–H and O–H groups in total. The lowest BCUT2D eigenvalue weighted by molar-refractivity contribution is -0.160. The fourth-order valence-corrected chi connectivity index (χ4v) is 2.60. The van der Waals surface area contributed by atoms with Gasteiger partial charge in [0.15, 0.2) is 0 Å². The van der Waals surface area contributed by atoms with E-state index in [1.807, 2.05) is 20.8 Å². The third-order valence-electron chi connectivity index (χ3n) is 3.31. The Bertz CT molecular complexity index is 352. The number of amides is 1. The summed E-state index contributed by atoms with van der Waals surface area (Å²) in [4.78, 5) is 24.6. The lowest BCUT2D eigenvalue weighted by Crippen LogP contribution is -2.54. The Morgan fingerprint density at radius 2 is 2.00 bits per heavy atom. The summed E-state index contributed by atoms with van der Waals surface area (Å²) in [5.41, 5.74) is -0.346. The lowest BCUT2D eigenvalue weighted by atomic mass is 10.0. The molecular formula is C12H19NO4. The molecule has 0 radical (unpaired) electrons. The quantitative estimate of drug-likeness (QED) is 0.774. The molecule has 1 saturated heterocycles. The number of hydrogen-bond acceptors (Lipinski definition) is 3. The number of rotatable bonds is 2. The van der Waals surface area contributed by atoms with E-state index in [1.165, 1.54) is 0 Å². The molecule has 1 aliphatic carbocycles. The molecule has 17 heavy (non-hydrogen) atoms. The molecule has 0 aromatic carbocycles. The summed E-state index contributed by atoms with van der Waals surface area (Å²) in [6.45, 7) is 6.93. The lowest BCUT2D eigenvalue weighted by Gasteiger charge is -2.41. The molecular weight excluding hydrogens is 222 g/mol. The Labute approximate surface area is 101 Å². The van der Waals surface area contributed by atoms with Crippen LogP contribution in [0.1, 0.15) is 27.2 Å². The maximum atomic E-state index is 12.1. The molecule has 0 bridgehead atoms. The van der Waals surface area contributed by atoms with Crippen molar-refractivity contribution >= 4 is 11.9 Å². The van der Waals surface area contributed by atoms with Crippen LogP contribution in [0, 0.1) is 11.8 Å². The number of carboxylic acid groups (broad SMARTS) is 1. The zero-order chi connectivity index (χ0) is 12.8. The molecule has 0 spiro atoms. The summed E-state index contributed by atoms with van der Waals surface area (Å²) in [7, 11) is 0. The van der Waals surface area contributed by atoms with Crippen LogP contribution in [0.2, 0.25) is 0 Å². The van der Waals surface area contributed by atoms with Gasteiger partial charge in [-0.25, -0.2) is 0 Å². The first-order chi connectivity index (χ1) is 7.80. The molecule has 5 nitrogen and oxygen atoms in total. The van der Waals surface area contributed by atoms with Crippen LogP contribution in [0.5, 0.6) is 0 Å². The van der Waals surface area contributed by atoms with E-state index in [4.69, 9.17) is 9.84 Å².